The van der Waals surface area contributed by atoms with Gasteiger partial charge in [0.15, 0.2) is 0 Å². The van der Waals surface area contributed by atoms with Gasteiger partial charge in [-0.3, -0.25) is 4.98 Å². The number of aromatic nitrogens is 1. The monoisotopic (exact) mass is 122 g/mol. The van der Waals surface area contributed by atoms with Gasteiger partial charge in [-0.05, 0) is 19.1 Å². The van der Waals surface area contributed by atoms with E-state index in [0.29, 0.717) is 0 Å². The van der Waals surface area contributed by atoms with Crippen molar-refractivity contribution in [2.75, 3.05) is 0 Å². The summed E-state index contributed by atoms with van der Waals surface area (Å²) < 4.78 is 0. The van der Waals surface area contributed by atoms with Crippen LogP contribution >= 0.6 is 0 Å². The van der Waals surface area contributed by atoms with E-state index in [0.717, 1.165) is 5.69 Å². The van der Waals surface area contributed by atoms with Crippen molar-refractivity contribution in [3.63, 3.8) is 0 Å². The largest absolute Gasteiger partial charge is 0.323 e. The maximum absolute atomic E-state index is 5.55. The first-order valence-electron chi connectivity index (χ1n) is 2.97. The van der Waals surface area contributed by atoms with Gasteiger partial charge in [0.25, 0.3) is 0 Å². The molecule has 0 aliphatic rings. The fraction of sp³-hybridized carbons (Fsp3) is 0.286. The normalized spacial score (nSPS) is 13.1. The Morgan fingerprint density at radius 3 is 2.67 bits per heavy atom. The summed E-state index contributed by atoms with van der Waals surface area (Å²) in [6, 6.07) is 5.79. The van der Waals surface area contributed by atoms with E-state index in [1.54, 1.807) is 6.20 Å². The molecule has 0 saturated carbocycles. The van der Waals surface area contributed by atoms with Crippen molar-refractivity contribution in [1.82, 2.24) is 4.98 Å². The van der Waals surface area contributed by atoms with Gasteiger partial charge in [-0.25, -0.2) is 0 Å². The Labute approximate surface area is 54.7 Å². The van der Waals surface area contributed by atoms with Crippen molar-refractivity contribution in [3.8, 4) is 0 Å². The molecular formula is C7H10N2. The van der Waals surface area contributed by atoms with Crippen LogP contribution in [0.2, 0.25) is 0 Å². The van der Waals surface area contributed by atoms with Crippen LogP contribution in [0.25, 0.3) is 0 Å². The highest BCUT2D eigenvalue weighted by Gasteiger charge is 1.95. The van der Waals surface area contributed by atoms with Gasteiger partial charge in [-0.1, -0.05) is 6.07 Å². The molecule has 1 heterocycles. The fourth-order valence-electron chi connectivity index (χ4n) is 0.645. The van der Waals surface area contributed by atoms with Gasteiger partial charge in [0.1, 0.15) is 0 Å². The summed E-state index contributed by atoms with van der Waals surface area (Å²) in [5, 5.41) is 0. The van der Waals surface area contributed by atoms with Gasteiger partial charge < -0.3 is 5.73 Å². The average Bonchev–Trinajstić information content (AvgIpc) is 1.90. The molecule has 2 heteroatoms. The van der Waals surface area contributed by atoms with E-state index in [1.807, 2.05) is 25.1 Å². The van der Waals surface area contributed by atoms with E-state index >= 15 is 0 Å². The lowest BCUT2D eigenvalue weighted by molar-refractivity contribution is 0.781. The zero-order chi connectivity index (χ0) is 6.69. The van der Waals surface area contributed by atoms with Gasteiger partial charge in [0.05, 0.1) is 5.69 Å². The average molecular weight is 122 g/mol. The highest BCUT2D eigenvalue weighted by Crippen LogP contribution is 2.02. The van der Waals surface area contributed by atoms with Crippen LogP contribution in [0.1, 0.15) is 18.7 Å². The number of hydrogen-bond donors (Lipinski definition) is 1. The molecule has 0 spiro atoms. The number of nitrogens with two attached hydrogens (primary N) is 1. The van der Waals surface area contributed by atoms with Crippen LogP contribution in [0.5, 0.6) is 0 Å². The SMILES string of the molecule is C[C@H](N)c1ccccn1. The number of hydrogen-bond acceptors (Lipinski definition) is 2. The first-order valence-corrected chi connectivity index (χ1v) is 2.97. The van der Waals surface area contributed by atoms with E-state index in [1.165, 1.54) is 0 Å². The van der Waals surface area contributed by atoms with Crippen LogP contribution < -0.4 is 5.73 Å². The van der Waals surface area contributed by atoms with Crippen molar-refractivity contribution in [1.29, 1.82) is 0 Å². The quantitative estimate of drug-likeness (QED) is 0.605. The third-order valence-corrected chi connectivity index (χ3v) is 1.15. The van der Waals surface area contributed by atoms with Crippen molar-refractivity contribution in [2.45, 2.75) is 13.0 Å². The zero-order valence-corrected chi connectivity index (χ0v) is 5.41. The standard InChI is InChI=1S/C7H10N2/c1-6(8)7-4-2-3-5-9-7/h2-6H,8H2,1H3/t6-/m0/s1. The molecular weight excluding hydrogens is 112 g/mol. The summed E-state index contributed by atoms with van der Waals surface area (Å²) in [6.45, 7) is 1.92. The first kappa shape index (κ1) is 6.23. The van der Waals surface area contributed by atoms with Gasteiger partial charge in [0.2, 0.25) is 0 Å². The first-order chi connectivity index (χ1) is 4.30. The van der Waals surface area contributed by atoms with Crippen LogP contribution in [-0.2, 0) is 0 Å². The molecule has 0 aliphatic carbocycles. The molecule has 0 unspecified atom stereocenters. The molecule has 48 valence electrons. The Balaban J connectivity index is 2.85. The Morgan fingerprint density at radius 2 is 2.33 bits per heavy atom. The van der Waals surface area contributed by atoms with Crippen molar-refractivity contribution in [3.05, 3.63) is 30.1 Å². The van der Waals surface area contributed by atoms with Crippen LogP contribution in [0, 0.1) is 0 Å². The van der Waals surface area contributed by atoms with Gasteiger partial charge in [0, 0.05) is 12.2 Å². The molecule has 2 nitrogen and oxygen atoms in total. The summed E-state index contributed by atoms with van der Waals surface area (Å²) >= 11 is 0. The summed E-state index contributed by atoms with van der Waals surface area (Å²) in [5.41, 5.74) is 6.49. The summed E-state index contributed by atoms with van der Waals surface area (Å²) in [6.07, 6.45) is 1.75. The van der Waals surface area contributed by atoms with E-state index in [4.69, 9.17) is 5.73 Å². The van der Waals surface area contributed by atoms with Gasteiger partial charge >= 0.3 is 0 Å². The lowest BCUT2D eigenvalue weighted by Crippen LogP contribution is -2.06. The minimum Gasteiger partial charge on any atom is -0.323 e. The third-order valence-electron chi connectivity index (χ3n) is 1.15. The van der Waals surface area contributed by atoms with Crippen molar-refractivity contribution >= 4 is 0 Å². The Kier molecular flexibility index (Phi) is 1.80. The van der Waals surface area contributed by atoms with Crippen LogP contribution in [0.15, 0.2) is 24.4 Å². The van der Waals surface area contributed by atoms with E-state index in [-0.39, 0.29) is 6.04 Å². The third kappa shape index (κ3) is 1.50. The maximum Gasteiger partial charge on any atom is 0.0568 e. The minimum atomic E-state index is 0.0474. The second-order valence-electron chi connectivity index (χ2n) is 2.04. The van der Waals surface area contributed by atoms with Crippen LogP contribution in [-0.4, -0.2) is 4.98 Å². The molecule has 2 N–H and O–H groups in total. The number of nitrogens with zero attached hydrogens (tertiary/aromatic N) is 1. The molecule has 0 amide bonds. The van der Waals surface area contributed by atoms with Crippen molar-refractivity contribution < 1.29 is 0 Å². The molecule has 9 heavy (non-hydrogen) atoms. The number of rotatable bonds is 1. The topological polar surface area (TPSA) is 38.9 Å². The van der Waals surface area contributed by atoms with Gasteiger partial charge in [-0.15, -0.1) is 0 Å². The molecule has 0 bridgehead atoms. The van der Waals surface area contributed by atoms with Crippen LogP contribution in [0.3, 0.4) is 0 Å². The predicted octanol–water partition coefficient (Wildman–Crippen LogP) is 1.10. The molecule has 0 aliphatic heterocycles. The number of pyridine rings is 1. The molecule has 1 aromatic heterocycles. The molecule has 0 aromatic carbocycles. The maximum atomic E-state index is 5.55. The molecule has 0 radical (unpaired) electrons. The summed E-state index contributed by atoms with van der Waals surface area (Å²) in [5.74, 6) is 0. The smallest absolute Gasteiger partial charge is 0.0568 e. The second-order valence-corrected chi connectivity index (χ2v) is 2.04. The summed E-state index contributed by atoms with van der Waals surface area (Å²) in [4.78, 5) is 4.05. The molecule has 1 atom stereocenters. The van der Waals surface area contributed by atoms with Gasteiger partial charge in [-0.2, -0.15) is 0 Å². The second kappa shape index (κ2) is 2.60. The lowest BCUT2D eigenvalue weighted by atomic mass is 10.2. The minimum absolute atomic E-state index is 0.0474. The van der Waals surface area contributed by atoms with Crippen LogP contribution in [0.4, 0.5) is 0 Å². The van der Waals surface area contributed by atoms with Crippen molar-refractivity contribution in [2.24, 2.45) is 5.73 Å². The highest BCUT2D eigenvalue weighted by molar-refractivity contribution is 5.06. The van der Waals surface area contributed by atoms with E-state index < -0.39 is 0 Å². The zero-order valence-electron chi connectivity index (χ0n) is 5.41. The molecule has 0 saturated heterocycles. The summed E-state index contributed by atoms with van der Waals surface area (Å²) in [7, 11) is 0. The lowest BCUT2D eigenvalue weighted by Gasteiger charge is -2.00. The molecule has 1 rings (SSSR count). The Morgan fingerprint density at radius 1 is 1.56 bits per heavy atom. The highest BCUT2D eigenvalue weighted by atomic mass is 14.7. The fourth-order valence-corrected chi connectivity index (χ4v) is 0.645. The predicted molar refractivity (Wildman–Crippen MR) is 36.8 cm³/mol. The molecule has 1 aromatic rings. The van der Waals surface area contributed by atoms with E-state index in [9.17, 15) is 0 Å². The molecule has 0 fully saturated rings. The Bertz CT molecular complexity index is 170. The van der Waals surface area contributed by atoms with E-state index in [2.05, 4.69) is 4.98 Å². The Hall–Kier alpha value is -0.890.